The van der Waals surface area contributed by atoms with Crippen molar-refractivity contribution in [3.63, 3.8) is 0 Å². The molecule has 0 fully saturated rings. The molecule has 1 aliphatic carbocycles. The van der Waals surface area contributed by atoms with Gasteiger partial charge in [0.2, 0.25) is 5.88 Å². The summed E-state index contributed by atoms with van der Waals surface area (Å²) in [5.41, 5.74) is 7.05. The van der Waals surface area contributed by atoms with Gasteiger partial charge in [0.1, 0.15) is 17.4 Å². The molecule has 6 heteroatoms. The average molecular weight is 363 g/mol. The molecule has 3 rings (SSSR count). The number of benzene rings is 1. The Bertz CT molecular complexity index is 847. The molecular formula is C18H16Cl2N2O2. The first kappa shape index (κ1) is 16.9. The monoisotopic (exact) mass is 362 g/mol. The minimum atomic E-state index is -0.618. The van der Waals surface area contributed by atoms with Crippen LogP contribution < -0.4 is 5.73 Å². The number of Topliss-reactive ketones (excluding diaryl/α,β-unsaturated/α-hetero) is 1. The normalized spacial score (nSPS) is 22.8. The summed E-state index contributed by atoms with van der Waals surface area (Å²) in [6, 6.07) is 7.07. The first-order chi connectivity index (χ1) is 11.2. The lowest BCUT2D eigenvalue weighted by atomic mass is 9.70. The van der Waals surface area contributed by atoms with Gasteiger partial charge in [-0.1, -0.05) is 43.1 Å². The summed E-state index contributed by atoms with van der Waals surface area (Å²) in [6.07, 6.45) is 0.963. The molecule has 1 aromatic rings. The van der Waals surface area contributed by atoms with Crippen LogP contribution in [0.3, 0.4) is 0 Å². The van der Waals surface area contributed by atoms with Gasteiger partial charge >= 0.3 is 0 Å². The molecule has 1 atom stereocenters. The summed E-state index contributed by atoms with van der Waals surface area (Å²) in [5.74, 6) is -0.105. The minimum absolute atomic E-state index is 0.0257. The predicted molar refractivity (Wildman–Crippen MR) is 92.2 cm³/mol. The van der Waals surface area contributed by atoms with E-state index in [1.54, 1.807) is 18.2 Å². The van der Waals surface area contributed by atoms with Gasteiger partial charge in [-0.15, -0.1) is 0 Å². The molecule has 1 aromatic carbocycles. The Balaban J connectivity index is 2.22. The predicted octanol–water partition coefficient (Wildman–Crippen LogP) is 4.44. The second kappa shape index (κ2) is 5.84. The number of hydrogen-bond donors (Lipinski definition) is 1. The Labute approximate surface area is 150 Å². The van der Waals surface area contributed by atoms with Crippen LogP contribution in [0.1, 0.15) is 38.2 Å². The summed E-state index contributed by atoms with van der Waals surface area (Å²) < 4.78 is 5.64. The van der Waals surface area contributed by atoms with Crippen LogP contribution in [0.5, 0.6) is 0 Å². The highest BCUT2D eigenvalue weighted by atomic mass is 35.5. The van der Waals surface area contributed by atoms with Gasteiger partial charge in [-0.3, -0.25) is 4.79 Å². The van der Waals surface area contributed by atoms with E-state index in [0.717, 1.165) is 0 Å². The minimum Gasteiger partial charge on any atom is -0.444 e. The molecule has 124 valence electrons. The average Bonchev–Trinajstić information content (AvgIpc) is 2.44. The molecule has 4 nitrogen and oxygen atoms in total. The van der Waals surface area contributed by atoms with Gasteiger partial charge in [-0.2, -0.15) is 5.26 Å². The third-order valence-corrected chi connectivity index (χ3v) is 4.91. The van der Waals surface area contributed by atoms with Gasteiger partial charge in [0, 0.05) is 28.5 Å². The third kappa shape index (κ3) is 2.79. The number of carbonyl (C=O) groups excluding carboxylic acids is 1. The molecule has 2 aliphatic rings. The van der Waals surface area contributed by atoms with E-state index in [1.807, 2.05) is 13.8 Å². The maximum absolute atomic E-state index is 12.8. The Morgan fingerprint density at radius 3 is 2.67 bits per heavy atom. The topological polar surface area (TPSA) is 76.1 Å². The number of nitrogens with two attached hydrogens (primary N) is 1. The number of carbonyl (C=O) groups is 1. The van der Waals surface area contributed by atoms with E-state index in [9.17, 15) is 10.1 Å². The van der Waals surface area contributed by atoms with E-state index in [1.165, 1.54) is 0 Å². The van der Waals surface area contributed by atoms with Crippen molar-refractivity contribution in [3.05, 3.63) is 56.6 Å². The quantitative estimate of drug-likeness (QED) is 0.800. The van der Waals surface area contributed by atoms with Crippen LogP contribution >= 0.6 is 23.2 Å². The fourth-order valence-electron chi connectivity index (χ4n) is 3.33. The first-order valence-electron chi connectivity index (χ1n) is 7.52. The van der Waals surface area contributed by atoms with E-state index in [-0.39, 0.29) is 22.7 Å². The number of allylic oxidation sites excluding steroid dienone is 3. The zero-order chi connectivity index (χ0) is 17.6. The second-order valence-corrected chi connectivity index (χ2v) is 7.71. The van der Waals surface area contributed by atoms with E-state index >= 15 is 0 Å². The molecular weight excluding hydrogens is 347 g/mol. The van der Waals surface area contributed by atoms with Crippen molar-refractivity contribution in [1.82, 2.24) is 0 Å². The Morgan fingerprint density at radius 2 is 2.04 bits per heavy atom. The van der Waals surface area contributed by atoms with Crippen LogP contribution in [0.15, 0.2) is 41.0 Å². The van der Waals surface area contributed by atoms with Gasteiger partial charge in [0.25, 0.3) is 0 Å². The highest BCUT2D eigenvalue weighted by molar-refractivity contribution is 6.35. The number of ketones is 1. The standard InChI is InChI=1S/C18H16Cl2N2O2/c1-18(2)6-13(23)16-14(7-18)24-17(22)11(8-21)15(16)10-4-3-9(19)5-12(10)20/h3-5,15H,6-7,22H2,1-2H3. The summed E-state index contributed by atoms with van der Waals surface area (Å²) in [7, 11) is 0. The number of ether oxygens (including phenoxy) is 1. The van der Waals surface area contributed by atoms with E-state index < -0.39 is 5.92 Å². The van der Waals surface area contributed by atoms with Crippen molar-refractivity contribution < 1.29 is 9.53 Å². The number of hydrogen-bond acceptors (Lipinski definition) is 4. The van der Waals surface area contributed by atoms with Crippen molar-refractivity contribution in [2.45, 2.75) is 32.6 Å². The Morgan fingerprint density at radius 1 is 1.33 bits per heavy atom. The zero-order valence-corrected chi connectivity index (χ0v) is 14.8. The van der Waals surface area contributed by atoms with E-state index in [4.69, 9.17) is 33.7 Å². The molecule has 1 aliphatic heterocycles. The van der Waals surface area contributed by atoms with Crippen LogP contribution in [0.25, 0.3) is 0 Å². The lowest BCUT2D eigenvalue weighted by molar-refractivity contribution is -0.119. The van der Waals surface area contributed by atoms with Gasteiger partial charge in [0.15, 0.2) is 5.78 Å². The smallest absolute Gasteiger partial charge is 0.205 e. The first-order valence-corrected chi connectivity index (χ1v) is 8.28. The third-order valence-electron chi connectivity index (χ3n) is 4.35. The van der Waals surface area contributed by atoms with Gasteiger partial charge in [-0.25, -0.2) is 0 Å². The zero-order valence-electron chi connectivity index (χ0n) is 13.3. The van der Waals surface area contributed by atoms with Gasteiger partial charge in [0.05, 0.1) is 5.92 Å². The second-order valence-electron chi connectivity index (χ2n) is 6.87. The van der Waals surface area contributed by atoms with Gasteiger partial charge in [-0.05, 0) is 23.1 Å². The van der Waals surface area contributed by atoms with Crippen molar-refractivity contribution in [2.24, 2.45) is 11.1 Å². The largest absolute Gasteiger partial charge is 0.444 e. The summed E-state index contributed by atoms with van der Waals surface area (Å²) in [6.45, 7) is 4.00. The number of nitrogens with zero attached hydrogens (tertiary/aromatic N) is 1. The molecule has 1 heterocycles. The molecule has 0 saturated carbocycles. The van der Waals surface area contributed by atoms with Crippen molar-refractivity contribution in [3.8, 4) is 6.07 Å². The molecule has 24 heavy (non-hydrogen) atoms. The SMILES string of the molecule is CC1(C)CC(=O)C2=C(C1)OC(N)=C(C#N)C2c1ccc(Cl)cc1Cl. The molecule has 0 radical (unpaired) electrons. The molecule has 0 saturated heterocycles. The van der Waals surface area contributed by atoms with Crippen molar-refractivity contribution in [2.75, 3.05) is 0 Å². The maximum Gasteiger partial charge on any atom is 0.205 e. The lowest BCUT2D eigenvalue weighted by Crippen LogP contribution is -2.33. The van der Waals surface area contributed by atoms with Gasteiger partial charge < -0.3 is 10.5 Å². The number of nitriles is 1. The maximum atomic E-state index is 12.8. The summed E-state index contributed by atoms with van der Waals surface area (Å²) in [5, 5.41) is 10.4. The number of halogens is 2. The molecule has 0 spiro atoms. The molecule has 2 N–H and O–H groups in total. The van der Waals surface area contributed by atoms with Crippen molar-refractivity contribution in [1.29, 1.82) is 5.26 Å². The Hall–Kier alpha value is -1.96. The van der Waals surface area contributed by atoms with Crippen LogP contribution in [-0.4, -0.2) is 5.78 Å². The molecule has 0 aromatic heterocycles. The Kier molecular flexibility index (Phi) is 4.11. The molecule has 0 bridgehead atoms. The fourth-order valence-corrected chi connectivity index (χ4v) is 3.85. The van der Waals surface area contributed by atoms with Crippen LogP contribution in [0.4, 0.5) is 0 Å². The summed E-state index contributed by atoms with van der Waals surface area (Å²) in [4.78, 5) is 12.8. The highest BCUT2D eigenvalue weighted by Crippen LogP contribution is 2.49. The molecule has 1 unspecified atom stereocenters. The number of rotatable bonds is 1. The van der Waals surface area contributed by atoms with Crippen LogP contribution in [0.2, 0.25) is 10.0 Å². The highest BCUT2D eigenvalue weighted by Gasteiger charge is 2.43. The van der Waals surface area contributed by atoms with E-state index in [0.29, 0.717) is 39.8 Å². The molecule has 0 amide bonds. The van der Waals surface area contributed by atoms with Crippen LogP contribution in [0, 0.1) is 16.7 Å². The van der Waals surface area contributed by atoms with Crippen molar-refractivity contribution >= 4 is 29.0 Å². The lowest BCUT2D eigenvalue weighted by Gasteiger charge is -2.37. The van der Waals surface area contributed by atoms with E-state index in [2.05, 4.69) is 6.07 Å². The van der Waals surface area contributed by atoms with Crippen LogP contribution in [-0.2, 0) is 9.53 Å². The summed E-state index contributed by atoms with van der Waals surface area (Å²) >= 11 is 12.3. The fraction of sp³-hybridized carbons (Fsp3) is 0.333.